The van der Waals surface area contributed by atoms with E-state index >= 15 is 0 Å². The highest BCUT2D eigenvalue weighted by Crippen LogP contribution is 2.20. The second-order valence-electron chi connectivity index (χ2n) is 3.69. The predicted molar refractivity (Wildman–Crippen MR) is 51.7 cm³/mol. The van der Waals surface area contributed by atoms with E-state index in [0.717, 1.165) is 4.90 Å². The van der Waals surface area contributed by atoms with E-state index in [9.17, 15) is 14.7 Å². The van der Waals surface area contributed by atoms with Crippen LogP contribution in [0.2, 0.25) is 0 Å². The number of carbonyl (C=O) groups is 2. The zero-order valence-electron chi connectivity index (χ0n) is 8.33. The molecule has 3 N–H and O–H groups in total. The molecule has 1 aromatic heterocycles. The van der Waals surface area contributed by atoms with Crippen LogP contribution in [0.5, 0.6) is 0 Å². The third-order valence-electron chi connectivity index (χ3n) is 2.57. The second kappa shape index (κ2) is 3.93. The molecule has 7 nitrogen and oxygen atoms in total. The van der Waals surface area contributed by atoms with Crippen LogP contribution in [-0.4, -0.2) is 55.9 Å². The van der Waals surface area contributed by atoms with Crippen molar-refractivity contribution in [1.82, 2.24) is 15.1 Å². The lowest BCUT2D eigenvalue weighted by atomic mass is 10.2. The molecule has 0 unspecified atom stereocenters. The maximum absolute atomic E-state index is 11.9. The molecule has 0 bridgehead atoms. The number of aliphatic carboxylic acids is 1. The number of hydrogen-bond donors (Lipinski definition) is 3. The lowest BCUT2D eigenvalue weighted by Gasteiger charge is -2.20. The number of nitrogens with zero attached hydrogens (tertiary/aromatic N) is 2. The van der Waals surface area contributed by atoms with Crippen LogP contribution in [0.1, 0.15) is 16.8 Å². The summed E-state index contributed by atoms with van der Waals surface area (Å²) in [4.78, 5) is 23.9. The highest BCUT2D eigenvalue weighted by Gasteiger charge is 2.39. The minimum atomic E-state index is -1.10. The largest absolute Gasteiger partial charge is 0.480 e. The Morgan fingerprint density at radius 3 is 2.88 bits per heavy atom. The van der Waals surface area contributed by atoms with Gasteiger partial charge in [-0.2, -0.15) is 5.10 Å². The molecule has 0 saturated carbocycles. The topological polar surface area (TPSA) is 107 Å². The quantitative estimate of drug-likeness (QED) is 0.602. The summed E-state index contributed by atoms with van der Waals surface area (Å²) < 4.78 is 0. The zero-order valence-corrected chi connectivity index (χ0v) is 8.33. The van der Waals surface area contributed by atoms with E-state index in [4.69, 9.17) is 5.11 Å². The average molecular weight is 225 g/mol. The lowest BCUT2D eigenvalue weighted by molar-refractivity contribution is -0.141. The van der Waals surface area contributed by atoms with Crippen molar-refractivity contribution in [2.24, 2.45) is 0 Å². The fourth-order valence-corrected chi connectivity index (χ4v) is 1.81. The Hall–Kier alpha value is -1.89. The summed E-state index contributed by atoms with van der Waals surface area (Å²) >= 11 is 0. The number of aromatic amines is 1. The molecule has 0 aliphatic carbocycles. The van der Waals surface area contributed by atoms with E-state index in [2.05, 4.69) is 10.2 Å². The fourth-order valence-electron chi connectivity index (χ4n) is 1.81. The van der Waals surface area contributed by atoms with Crippen LogP contribution >= 0.6 is 0 Å². The van der Waals surface area contributed by atoms with Crippen molar-refractivity contribution >= 4 is 11.9 Å². The summed E-state index contributed by atoms with van der Waals surface area (Å²) in [6.07, 6.45) is 2.01. The molecule has 7 heteroatoms. The summed E-state index contributed by atoms with van der Waals surface area (Å²) in [6, 6.07) is -0.961. The smallest absolute Gasteiger partial charge is 0.326 e. The summed E-state index contributed by atoms with van der Waals surface area (Å²) in [5, 5.41) is 24.4. The Balaban J connectivity index is 2.20. The van der Waals surface area contributed by atoms with Gasteiger partial charge in [0.05, 0.1) is 17.9 Å². The summed E-state index contributed by atoms with van der Waals surface area (Å²) in [7, 11) is 0. The molecule has 0 radical (unpaired) electrons. The molecule has 1 aliphatic heterocycles. The number of aromatic nitrogens is 2. The average Bonchev–Trinajstić information content (AvgIpc) is 2.84. The summed E-state index contributed by atoms with van der Waals surface area (Å²) in [6.45, 7) is 0.0426. The molecule has 1 aliphatic rings. The lowest BCUT2D eigenvalue weighted by Crippen LogP contribution is -2.40. The van der Waals surface area contributed by atoms with Crippen LogP contribution in [0.25, 0.3) is 0 Å². The van der Waals surface area contributed by atoms with Crippen molar-refractivity contribution in [2.45, 2.75) is 18.6 Å². The number of nitrogens with one attached hydrogen (secondary N) is 1. The second-order valence-corrected chi connectivity index (χ2v) is 3.69. The van der Waals surface area contributed by atoms with Crippen LogP contribution in [0.3, 0.4) is 0 Å². The van der Waals surface area contributed by atoms with Gasteiger partial charge < -0.3 is 15.1 Å². The molecular formula is C9H11N3O4. The van der Waals surface area contributed by atoms with Gasteiger partial charge in [0.2, 0.25) is 0 Å². The Morgan fingerprint density at radius 1 is 1.56 bits per heavy atom. The van der Waals surface area contributed by atoms with Crippen LogP contribution < -0.4 is 0 Å². The SMILES string of the molecule is O=C(O)[C@H]1C[C@@H](O)CN1C(=O)c1cn[nH]c1. The highest BCUT2D eigenvalue weighted by atomic mass is 16.4. The monoisotopic (exact) mass is 225 g/mol. The Bertz CT molecular complexity index is 403. The number of β-amino-alcohol motifs (C(OH)–C–C–N with tert-alkyl or cyclic N) is 1. The number of aliphatic hydroxyl groups excluding tert-OH is 1. The predicted octanol–water partition coefficient (Wildman–Crippen LogP) is -0.930. The van der Waals surface area contributed by atoms with Gasteiger partial charge in [0.1, 0.15) is 6.04 Å². The number of likely N-dealkylation sites (tertiary alicyclic amines) is 1. The van der Waals surface area contributed by atoms with Crippen LogP contribution in [0.4, 0.5) is 0 Å². The van der Waals surface area contributed by atoms with E-state index in [1.807, 2.05) is 0 Å². The number of carbonyl (C=O) groups excluding carboxylic acids is 1. The first kappa shape index (κ1) is 10.6. The Morgan fingerprint density at radius 2 is 2.31 bits per heavy atom. The third-order valence-corrected chi connectivity index (χ3v) is 2.57. The van der Waals surface area contributed by atoms with Crippen molar-refractivity contribution in [3.8, 4) is 0 Å². The molecule has 1 fully saturated rings. The first-order chi connectivity index (χ1) is 7.59. The van der Waals surface area contributed by atoms with Crippen molar-refractivity contribution in [3.63, 3.8) is 0 Å². The van der Waals surface area contributed by atoms with Gasteiger partial charge in [0.15, 0.2) is 0 Å². The molecule has 2 rings (SSSR count). The molecular weight excluding hydrogens is 214 g/mol. The summed E-state index contributed by atoms with van der Waals surface area (Å²) in [5.41, 5.74) is 0.292. The van der Waals surface area contributed by atoms with E-state index in [1.165, 1.54) is 12.4 Å². The van der Waals surface area contributed by atoms with Crippen molar-refractivity contribution in [3.05, 3.63) is 18.0 Å². The molecule has 2 heterocycles. The number of rotatable bonds is 2. The van der Waals surface area contributed by atoms with Crippen LogP contribution in [-0.2, 0) is 4.79 Å². The normalized spacial score (nSPS) is 24.7. The van der Waals surface area contributed by atoms with E-state index in [-0.39, 0.29) is 13.0 Å². The van der Waals surface area contributed by atoms with Crippen molar-refractivity contribution in [2.75, 3.05) is 6.54 Å². The Kier molecular flexibility index (Phi) is 2.61. The van der Waals surface area contributed by atoms with Gasteiger partial charge in [-0.05, 0) is 0 Å². The van der Waals surface area contributed by atoms with Gasteiger partial charge in [-0.1, -0.05) is 0 Å². The van der Waals surface area contributed by atoms with Crippen molar-refractivity contribution in [1.29, 1.82) is 0 Å². The first-order valence-electron chi connectivity index (χ1n) is 4.80. The molecule has 16 heavy (non-hydrogen) atoms. The number of carboxylic acids is 1. The van der Waals surface area contributed by atoms with Gasteiger partial charge >= 0.3 is 5.97 Å². The fraction of sp³-hybridized carbons (Fsp3) is 0.444. The molecule has 86 valence electrons. The van der Waals surface area contributed by atoms with Crippen LogP contribution in [0, 0.1) is 0 Å². The van der Waals surface area contributed by atoms with Crippen molar-refractivity contribution < 1.29 is 19.8 Å². The maximum atomic E-state index is 11.9. The molecule has 1 aromatic rings. The minimum Gasteiger partial charge on any atom is -0.480 e. The van der Waals surface area contributed by atoms with Gasteiger partial charge in [-0.3, -0.25) is 9.89 Å². The third kappa shape index (κ3) is 1.76. The van der Waals surface area contributed by atoms with Gasteiger partial charge in [-0.15, -0.1) is 0 Å². The number of hydrogen-bond acceptors (Lipinski definition) is 4. The molecule has 0 spiro atoms. The maximum Gasteiger partial charge on any atom is 0.326 e. The number of H-pyrrole nitrogens is 1. The first-order valence-corrected chi connectivity index (χ1v) is 4.80. The van der Waals surface area contributed by atoms with Crippen LogP contribution in [0.15, 0.2) is 12.4 Å². The molecule has 2 atom stereocenters. The summed E-state index contributed by atoms with van der Waals surface area (Å²) in [5.74, 6) is -1.54. The van der Waals surface area contributed by atoms with E-state index in [1.54, 1.807) is 0 Å². The minimum absolute atomic E-state index is 0.0426. The molecule has 0 aromatic carbocycles. The standard InChI is InChI=1S/C9H11N3O4/c13-6-1-7(9(15)16)12(4-6)8(14)5-2-10-11-3-5/h2-3,6-7,13H,1,4H2,(H,10,11)(H,15,16)/t6-,7-/m1/s1. The van der Waals surface area contributed by atoms with Gasteiger partial charge in [0.25, 0.3) is 5.91 Å². The number of carboxylic acid groups (broad SMARTS) is 1. The zero-order chi connectivity index (χ0) is 11.7. The molecule has 1 amide bonds. The number of aliphatic hydroxyl groups is 1. The van der Waals surface area contributed by atoms with Gasteiger partial charge in [-0.25, -0.2) is 4.79 Å². The Labute approximate surface area is 90.7 Å². The van der Waals surface area contributed by atoms with Gasteiger partial charge in [0, 0.05) is 19.2 Å². The number of amides is 1. The van der Waals surface area contributed by atoms with E-state index in [0.29, 0.717) is 5.56 Å². The highest BCUT2D eigenvalue weighted by molar-refractivity contribution is 5.96. The van der Waals surface area contributed by atoms with E-state index < -0.39 is 24.0 Å². The molecule has 1 saturated heterocycles.